The van der Waals surface area contributed by atoms with Gasteiger partial charge in [-0.2, -0.15) is 0 Å². The fourth-order valence-corrected chi connectivity index (χ4v) is 4.17. The third-order valence-corrected chi connectivity index (χ3v) is 5.45. The number of amides is 1. The van der Waals surface area contributed by atoms with Crippen molar-refractivity contribution in [1.82, 2.24) is 0 Å². The molecule has 0 saturated heterocycles. The Balaban J connectivity index is 2.40. The van der Waals surface area contributed by atoms with Crippen molar-refractivity contribution in [3.8, 4) is 0 Å². The van der Waals surface area contributed by atoms with Gasteiger partial charge in [0, 0.05) is 4.47 Å². The molecule has 0 radical (unpaired) electrons. The molecule has 2 rings (SSSR count). The van der Waals surface area contributed by atoms with Crippen molar-refractivity contribution in [2.24, 2.45) is 0 Å². The number of hydrogen-bond donors (Lipinski definition) is 1. The van der Waals surface area contributed by atoms with Crippen molar-refractivity contribution in [2.45, 2.75) is 26.3 Å². The normalized spacial score (nSPS) is 12.5. The van der Waals surface area contributed by atoms with Gasteiger partial charge in [0.15, 0.2) is 0 Å². The SMILES string of the molecule is CC[C@@H](C(=O)Nc1ccc(Br)cc1F)N(c1cccc(C)c1)S(C)(=O)=O. The highest BCUT2D eigenvalue weighted by Gasteiger charge is 2.31. The summed E-state index contributed by atoms with van der Waals surface area (Å²) in [4.78, 5) is 12.7. The van der Waals surface area contributed by atoms with Crippen LogP contribution < -0.4 is 9.62 Å². The van der Waals surface area contributed by atoms with Gasteiger partial charge in [0.05, 0.1) is 17.6 Å². The largest absolute Gasteiger partial charge is 0.322 e. The topological polar surface area (TPSA) is 66.5 Å². The van der Waals surface area contributed by atoms with Gasteiger partial charge in [0.1, 0.15) is 11.9 Å². The molecule has 0 heterocycles. The van der Waals surface area contributed by atoms with Crippen LogP contribution in [0.5, 0.6) is 0 Å². The van der Waals surface area contributed by atoms with Crippen LogP contribution in [0.3, 0.4) is 0 Å². The van der Waals surface area contributed by atoms with Gasteiger partial charge in [-0.05, 0) is 49.2 Å². The summed E-state index contributed by atoms with van der Waals surface area (Å²) in [5.41, 5.74) is 1.26. The quantitative estimate of drug-likeness (QED) is 0.732. The van der Waals surface area contributed by atoms with Gasteiger partial charge in [-0.15, -0.1) is 0 Å². The Kier molecular flexibility index (Phi) is 6.41. The van der Waals surface area contributed by atoms with Gasteiger partial charge in [0.2, 0.25) is 15.9 Å². The minimum absolute atomic E-state index is 0.00524. The van der Waals surface area contributed by atoms with Gasteiger partial charge in [-0.25, -0.2) is 12.8 Å². The Morgan fingerprint density at radius 3 is 2.50 bits per heavy atom. The lowest BCUT2D eigenvalue weighted by Gasteiger charge is -2.30. The van der Waals surface area contributed by atoms with Crippen LogP contribution in [0.4, 0.5) is 15.8 Å². The lowest BCUT2D eigenvalue weighted by molar-refractivity contribution is -0.117. The Bertz CT molecular complexity index is 918. The number of aryl methyl sites for hydroxylation is 1. The second kappa shape index (κ2) is 8.18. The molecule has 2 aromatic rings. The number of halogens is 2. The Hall–Kier alpha value is -1.93. The summed E-state index contributed by atoms with van der Waals surface area (Å²) in [7, 11) is -3.73. The number of sulfonamides is 1. The smallest absolute Gasteiger partial charge is 0.248 e. The number of anilines is 2. The van der Waals surface area contributed by atoms with E-state index in [1.807, 2.05) is 13.0 Å². The molecule has 0 aliphatic carbocycles. The van der Waals surface area contributed by atoms with Gasteiger partial charge < -0.3 is 5.32 Å². The maximum absolute atomic E-state index is 14.0. The number of rotatable bonds is 6. The first-order valence-corrected chi connectivity index (χ1v) is 10.6. The number of benzene rings is 2. The van der Waals surface area contributed by atoms with E-state index >= 15 is 0 Å². The highest BCUT2D eigenvalue weighted by atomic mass is 79.9. The van der Waals surface area contributed by atoms with Crippen LogP contribution in [0, 0.1) is 12.7 Å². The number of nitrogens with zero attached hydrogens (tertiary/aromatic N) is 1. The number of hydrogen-bond acceptors (Lipinski definition) is 3. The molecule has 140 valence electrons. The fourth-order valence-electron chi connectivity index (χ4n) is 2.63. The molecular weight excluding hydrogens is 423 g/mol. The minimum atomic E-state index is -3.73. The van der Waals surface area contributed by atoms with Crippen molar-refractivity contribution in [1.29, 1.82) is 0 Å². The maximum atomic E-state index is 14.0. The molecule has 1 N–H and O–H groups in total. The Morgan fingerprint density at radius 2 is 1.96 bits per heavy atom. The van der Waals surface area contributed by atoms with Gasteiger partial charge in [-0.1, -0.05) is 35.0 Å². The zero-order valence-electron chi connectivity index (χ0n) is 14.7. The van der Waals surface area contributed by atoms with Crippen molar-refractivity contribution < 1.29 is 17.6 Å². The summed E-state index contributed by atoms with van der Waals surface area (Å²) in [5, 5.41) is 2.48. The highest BCUT2D eigenvalue weighted by molar-refractivity contribution is 9.10. The molecule has 8 heteroatoms. The zero-order chi connectivity index (χ0) is 19.5. The lowest BCUT2D eigenvalue weighted by Crippen LogP contribution is -2.47. The molecule has 0 aromatic heterocycles. The van der Waals surface area contributed by atoms with E-state index in [-0.39, 0.29) is 12.1 Å². The first-order chi connectivity index (χ1) is 12.1. The van der Waals surface area contributed by atoms with E-state index in [1.165, 1.54) is 12.1 Å². The van der Waals surface area contributed by atoms with Crippen LogP contribution in [-0.4, -0.2) is 26.6 Å². The van der Waals surface area contributed by atoms with Gasteiger partial charge >= 0.3 is 0 Å². The summed E-state index contributed by atoms with van der Waals surface area (Å²) in [5.74, 6) is -1.20. The molecule has 0 aliphatic heterocycles. The number of carbonyl (C=O) groups is 1. The first kappa shape index (κ1) is 20.4. The summed E-state index contributed by atoms with van der Waals surface area (Å²) >= 11 is 3.15. The van der Waals surface area contributed by atoms with E-state index in [0.717, 1.165) is 16.1 Å². The molecule has 0 fully saturated rings. The summed E-state index contributed by atoms with van der Waals surface area (Å²) < 4.78 is 40.4. The third kappa shape index (κ3) is 4.82. The molecule has 0 aliphatic rings. The third-order valence-electron chi connectivity index (χ3n) is 3.77. The van der Waals surface area contributed by atoms with Gasteiger partial charge in [0.25, 0.3) is 0 Å². The monoisotopic (exact) mass is 442 g/mol. The van der Waals surface area contributed by atoms with E-state index in [9.17, 15) is 17.6 Å². The summed E-state index contributed by atoms with van der Waals surface area (Å²) in [6.45, 7) is 3.54. The maximum Gasteiger partial charge on any atom is 0.248 e. The number of carbonyl (C=O) groups excluding carboxylic acids is 1. The molecule has 1 atom stereocenters. The van der Waals surface area contributed by atoms with Crippen LogP contribution >= 0.6 is 15.9 Å². The molecule has 0 unspecified atom stereocenters. The molecule has 0 saturated carbocycles. The standard InChI is InChI=1S/C18H20BrFN2O3S/c1-4-17(18(23)21-16-9-8-13(19)11-15(16)20)22(26(3,24)25)14-7-5-6-12(2)10-14/h5-11,17H,4H2,1-3H3,(H,21,23)/t17-/m0/s1. The Labute approximate surface area is 161 Å². The number of nitrogens with one attached hydrogen (secondary N) is 1. The second-order valence-electron chi connectivity index (χ2n) is 5.94. The van der Waals surface area contributed by atoms with E-state index in [4.69, 9.17) is 0 Å². The zero-order valence-corrected chi connectivity index (χ0v) is 17.1. The molecule has 26 heavy (non-hydrogen) atoms. The Morgan fingerprint density at radius 1 is 1.27 bits per heavy atom. The van der Waals surface area contributed by atoms with Crippen LogP contribution in [0.15, 0.2) is 46.9 Å². The molecule has 5 nitrogen and oxygen atoms in total. The van der Waals surface area contributed by atoms with Crippen LogP contribution in [0.2, 0.25) is 0 Å². The van der Waals surface area contributed by atoms with Crippen molar-refractivity contribution in [3.63, 3.8) is 0 Å². The van der Waals surface area contributed by atoms with E-state index < -0.39 is 27.8 Å². The van der Waals surface area contributed by atoms with Crippen LogP contribution in [0.25, 0.3) is 0 Å². The molecule has 0 spiro atoms. The average molecular weight is 443 g/mol. The molecular formula is C18H20BrFN2O3S. The minimum Gasteiger partial charge on any atom is -0.322 e. The van der Waals surface area contributed by atoms with E-state index in [0.29, 0.717) is 10.2 Å². The summed E-state index contributed by atoms with van der Waals surface area (Å²) in [6, 6.07) is 10.1. The lowest BCUT2D eigenvalue weighted by atomic mass is 10.1. The first-order valence-electron chi connectivity index (χ1n) is 7.95. The highest BCUT2D eigenvalue weighted by Crippen LogP contribution is 2.25. The molecule has 1 amide bonds. The van der Waals surface area contributed by atoms with Crippen molar-refractivity contribution >= 4 is 43.2 Å². The fraction of sp³-hybridized carbons (Fsp3) is 0.278. The van der Waals surface area contributed by atoms with Gasteiger partial charge in [-0.3, -0.25) is 9.10 Å². The molecule has 2 aromatic carbocycles. The van der Waals surface area contributed by atoms with Crippen molar-refractivity contribution in [3.05, 3.63) is 58.3 Å². The molecule has 0 bridgehead atoms. The van der Waals surface area contributed by atoms with Crippen molar-refractivity contribution in [2.75, 3.05) is 15.9 Å². The van der Waals surface area contributed by atoms with Crippen LogP contribution in [-0.2, 0) is 14.8 Å². The second-order valence-corrected chi connectivity index (χ2v) is 8.71. The predicted molar refractivity (Wildman–Crippen MR) is 105 cm³/mol. The van der Waals surface area contributed by atoms with E-state index in [2.05, 4.69) is 21.2 Å². The van der Waals surface area contributed by atoms with Crippen LogP contribution in [0.1, 0.15) is 18.9 Å². The van der Waals surface area contributed by atoms with E-state index in [1.54, 1.807) is 31.2 Å². The predicted octanol–water partition coefficient (Wildman–Crippen LogP) is 4.08. The summed E-state index contributed by atoms with van der Waals surface area (Å²) in [6.07, 6.45) is 1.27. The average Bonchev–Trinajstić information content (AvgIpc) is 2.53.